The van der Waals surface area contributed by atoms with Gasteiger partial charge in [0.2, 0.25) is 0 Å². The molecule has 0 aromatic heterocycles. The second-order valence-electron chi connectivity index (χ2n) is 5.62. The highest BCUT2D eigenvalue weighted by Crippen LogP contribution is 2.33. The molecule has 1 aliphatic heterocycles. The van der Waals surface area contributed by atoms with E-state index in [-0.39, 0.29) is 19.5 Å². The van der Waals surface area contributed by atoms with E-state index in [4.69, 9.17) is 0 Å². The molecule has 0 aliphatic carbocycles. The van der Waals surface area contributed by atoms with Crippen LogP contribution in [-0.4, -0.2) is 31.2 Å². The van der Waals surface area contributed by atoms with Gasteiger partial charge in [0.25, 0.3) is 0 Å². The number of nitrogens with one attached hydrogen (secondary N) is 1. The Hall–Kier alpha value is -2.10. The number of hydrogen-bond acceptors (Lipinski definition) is 4. The third kappa shape index (κ3) is 4.94. The van der Waals surface area contributed by atoms with Gasteiger partial charge in [-0.25, -0.2) is 4.79 Å². The lowest BCUT2D eigenvalue weighted by atomic mass is 9.85. The van der Waals surface area contributed by atoms with E-state index in [0.717, 1.165) is 12.1 Å². The predicted octanol–water partition coefficient (Wildman–Crippen LogP) is 3.03. The zero-order chi connectivity index (χ0) is 18.8. The SMILES string of the molecule is O=C(OC(=O)C(F)(F)F)C1CNCC(c2cccc(C(F)(F)F)c2)C1. The molecule has 1 aromatic carbocycles. The molecule has 1 heterocycles. The molecule has 1 fully saturated rings. The van der Waals surface area contributed by atoms with Crippen molar-refractivity contribution in [2.24, 2.45) is 5.92 Å². The van der Waals surface area contributed by atoms with Crippen LogP contribution in [0.25, 0.3) is 0 Å². The normalized spacial score (nSPS) is 21.7. The molecule has 1 saturated heterocycles. The minimum absolute atomic E-state index is 0.0283. The molecule has 0 amide bonds. The summed E-state index contributed by atoms with van der Waals surface area (Å²) < 4.78 is 78.5. The van der Waals surface area contributed by atoms with E-state index in [1.54, 1.807) is 0 Å². The van der Waals surface area contributed by atoms with Crippen molar-refractivity contribution in [3.63, 3.8) is 0 Å². The van der Waals surface area contributed by atoms with Crippen LogP contribution < -0.4 is 5.32 Å². The summed E-state index contributed by atoms with van der Waals surface area (Å²) in [5, 5.41) is 2.76. The maximum atomic E-state index is 12.8. The van der Waals surface area contributed by atoms with Gasteiger partial charge in [-0.1, -0.05) is 18.2 Å². The second-order valence-corrected chi connectivity index (χ2v) is 5.62. The van der Waals surface area contributed by atoms with Crippen LogP contribution in [0.15, 0.2) is 24.3 Å². The van der Waals surface area contributed by atoms with Crippen LogP contribution in [0.3, 0.4) is 0 Å². The van der Waals surface area contributed by atoms with Crippen molar-refractivity contribution in [1.29, 1.82) is 0 Å². The van der Waals surface area contributed by atoms with E-state index in [1.807, 2.05) is 0 Å². The molecule has 0 radical (unpaired) electrons. The molecule has 0 saturated carbocycles. The lowest BCUT2D eigenvalue weighted by molar-refractivity contribution is -0.203. The highest BCUT2D eigenvalue weighted by atomic mass is 19.4. The number of carbonyl (C=O) groups is 2. The first-order chi connectivity index (χ1) is 11.5. The van der Waals surface area contributed by atoms with E-state index in [2.05, 4.69) is 10.1 Å². The van der Waals surface area contributed by atoms with Gasteiger partial charge in [-0.2, -0.15) is 26.3 Å². The van der Waals surface area contributed by atoms with Crippen LogP contribution in [0.4, 0.5) is 26.3 Å². The molecule has 2 atom stereocenters. The largest absolute Gasteiger partial charge is 0.491 e. The summed E-state index contributed by atoms with van der Waals surface area (Å²) in [6, 6.07) is 4.48. The molecule has 0 bridgehead atoms. The van der Waals surface area contributed by atoms with Crippen molar-refractivity contribution in [2.75, 3.05) is 13.1 Å². The van der Waals surface area contributed by atoms with E-state index < -0.39 is 41.7 Å². The molecule has 4 nitrogen and oxygen atoms in total. The first kappa shape index (κ1) is 19.2. The predicted molar refractivity (Wildman–Crippen MR) is 72.3 cm³/mol. The van der Waals surface area contributed by atoms with Gasteiger partial charge in [-0.05, 0) is 24.0 Å². The van der Waals surface area contributed by atoms with Crippen molar-refractivity contribution in [3.8, 4) is 0 Å². The van der Waals surface area contributed by atoms with Gasteiger partial charge in [0.1, 0.15) is 0 Å². The van der Waals surface area contributed by atoms with Gasteiger partial charge >= 0.3 is 24.3 Å². The van der Waals surface area contributed by atoms with Crippen molar-refractivity contribution in [2.45, 2.75) is 24.7 Å². The summed E-state index contributed by atoms with van der Waals surface area (Å²) in [6.07, 6.45) is -9.86. The molecule has 1 aromatic rings. The van der Waals surface area contributed by atoms with Gasteiger partial charge in [-0.3, -0.25) is 4.79 Å². The summed E-state index contributed by atoms with van der Waals surface area (Å²) in [7, 11) is 0. The molecule has 2 unspecified atom stereocenters. The zero-order valence-corrected chi connectivity index (χ0v) is 12.6. The van der Waals surface area contributed by atoms with Gasteiger partial charge < -0.3 is 10.1 Å². The van der Waals surface area contributed by atoms with Crippen LogP contribution in [-0.2, 0) is 20.5 Å². The molecule has 1 N–H and O–H groups in total. The second kappa shape index (κ2) is 7.03. The number of alkyl halides is 6. The lowest BCUT2D eigenvalue weighted by Gasteiger charge is -2.29. The highest BCUT2D eigenvalue weighted by Gasteiger charge is 2.44. The van der Waals surface area contributed by atoms with Crippen LogP contribution in [0.5, 0.6) is 0 Å². The Morgan fingerprint density at radius 1 is 1.08 bits per heavy atom. The fourth-order valence-corrected chi connectivity index (χ4v) is 2.58. The smallest absolute Gasteiger partial charge is 0.386 e. The Morgan fingerprint density at radius 2 is 1.76 bits per heavy atom. The lowest BCUT2D eigenvalue weighted by Crippen LogP contribution is -2.41. The van der Waals surface area contributed by atoms with Crippen LogP contribution in [0.1, 0.15) is 23.5 Å². The van der Waals surface area contributed by atoms with E-state index in [1.165, 1.54) is 12.1 Å². The van der Waals surface area contributed by atoms with Crippen molar-refractivity contribution < 1.29 is 40.7 Å². The van der Waals surface area contributed by atoms with Crippen LogP contribution in [0.2, 0.25) is 0 Å². The minimum atomic E-state index is -5.29. The Kier molecular flexibility index (Phi) is 5.40. The molecule has 2 rings (SSSR count). The van der Waals surface area contributed by atoms with Gasteiger partial charge in [0.15, 0.2) is 0 Å². The minimum Gasteiger partial charge on any atom is -0.386 e. The van der Waals surface area contributed by atoms with Gasteiger partial charge in [-0.15, -0.1) is 0 Å². The summed E-state index contributed by atoms with van der Waals surface area (Å²) >= 11 is 0. The van der Waals surface area contributed by atoms with Crippen LogP contribution in [0, 0.1) is 5.92 Å². The standard InChI is InChI=1S/C15H13F6NO3/c16-14(17,18)11-3-1-2-8(5-11)9-4-10(7-22-6-9)12(23)25-13(24)15(19,20)21/h1-3,5,9-10,22H,4,6-7H2. The molecule has 10 heteroatoms. The molecule has 25 heavy (non-hydrogen) atoms. The van der Waals surface area contributed by atoms with E-state index in [0.29, 0.717) is 5.56 Å². The maximum Gasteiger partial charge on any atom is 0.491 e. The Bertz CT molecular complexity index is 655. The molecular weight excluding hydrogens is 356 g/mol. The Morgan fingerprint density at radius 3 is 2.36 bits per heavy atom. The monoisotopic (exact) mass is 369 g/mol. The number of benzene rings is 1. The number of halogens is 6. The third-order valence-electron chi connectivity index (χ3n) is 3.79. The van der Waals surface area contributed by atoms with Gasteiger partial charge in [0.05, 0.1) is 11.5 Å². The summed E-state index contributed by atoms with van der Waals surface area (Å²) in [4.78, 5) is 22.4. The van der Waals surface area contributed by atoms with E-state index in [9.17, 15) is 35.9 Å². The van der Waals surface area contributed by atoms with E-state index >= 15 is 0 Å². The molecule has 0 spiro atoms. The van der Waals surface area contributed by atoms with Crippen LogP contribution >= 0.6 is 0 Å². The van der Waals surface area contributed by atoms with Crippen molar-refractivity contribution in [3.05, 3.63) is 35.4 Å². The average molecular weight is 369 g/mol. The number of hydrogen-bond donors (Lipinski definition) is 1. The number of carbonyl (C=O) groups excluding carboxylic acids is 2. The molecule has 1 aliphatic rings. The first-order valence-corrected chi connectivity index (χ1v) is 7.19. The number of piperidine rings is 1. The summed E-state index contributed by atoms with van der Waals surface area (Å²) in [5.74, 6) is -5.57. The number of ether oxygens (including phenoxy) is 1. The van der Waals surface area contributed by atoms with Gasteiger partial charge in [0, 0.05) is 13.1 Å². The van der Waals surface area contributed by atoms with Crippen molar-refractivity contribution in [1.82, 2.24) is 5.32 Å². The summed E-state index contributed by atoms with van der Waals surface area (Å²) in [6.45, 7) is 0.220. The van der Waals surface area contributed by atoms with Crippen molar-refractivity contribution >= 4 is 11.9 Å². The topological polar surface area (TPSA) is 55.4 Å². The number of rotatable bonds is 2. The highest BCUT2D eigenvalue weighted by molar-refractivity contribution is 5.89. The number of esters is 2. The Labute approximate surface area is 138 Å². The fourth-order valence-electron chi connectivity index (χ4n) is 2.58. The zero-order valence-electron chi connectivity index (χ0n) is 12.6. The first-order valence-electron chi connectivity index (χ1n) is 7.19. The third-order valence-corrected chi connectivity index (χ3v) is 3.79. The summed E-state index contributed by atoms with van der Waals surface area (Å²) in [5.41, 5.74) is -0.566. The molecule has 138 valence electrons. The average Bonchev–Trinajstić information content (AvgIpc) is 2.53. The Balaban J connectivity index is 2.08. The molecular formula is C15H13F6NO3. The quantitative estimate of drug-likeness (QED) is 0.495. The fraction of sp³-hybridized carbons (Fsp3) is 0.467. The maximum absolute atomic E-state index is 12.8.